The lowest BCUT2D eigenvalue weighted by molar-refractivity contribution is 0.0582. The molecule has 15 heavy (non-hydrogen) atoms. The Morgan fingerprint density at radius 3 is 2.60 bits per heavy atom. The molecule has 0 aliphatic carbocycles. The molecule has 2 rings (SSSR count). The summed E-state index contributed by atoms with van der Waals surface area (Å²) >= 11 is 0. The van der Waals surface area contributed by atoms with Crippen molar-refractivity contribution in [1.82, 2.24) is 0 Å². The summed E-state index contributed by atoms with van der Waals surface area (Å²) in [4.78, 5) is 0. The van der Waals surface area contributed by atoms with Gasteiger partial charge in [-0.1, -0.05) is 13.8 Å². The Balaban J connectivity index is 1.89. The highest BCUT2D eigenvalue weighted by Gasteiger charge is 2.28. The Bertz CT molecular complexity index is 247. The summed E-state index contributed by atoms with van der Waals surface area (Å²) in [6, 6.07) is 0. The van der Waals surface area contributed by atoms with Crippen molar-refractivity contribution in [3.8, 4) is 0 Å². The van der Waals surface area contributed by atoms with Crippen LogP contribution >= 0.6 is 0 Å². The molecule has 0 amide bonds. The van der Waals surface area contributed by atoms with Crippen molar-refractivity contribution in [2.45, 2.75) is 39.7 Å². The summed E-state index contributed by atoms with van der Waals surface area (Å²) in [5, 5.41) is 0. The smallest absolute Gasteiger partial charge is 0.0982 e. The summed E-state index contributed by atoms with van der Waals surface area (Å²) in [5.41, 5.74) is 0. The fourth-order valence-electron chi connectivity index (χ4n) is 2.27. The molecule has 2 aliphatic rings. The monoisotopic (exact) mass is 210 g/mol. The van der Waals surface area contributed by atoms with Gasteiger partial charge in [-0.15, -0.1) is 0 Å². The molecular weight excluding hydrogens is 188 g/mol. The first-order valence-electron chi connectivity index (χ1n) is 6.10. The van der Waals surface area contributed by atoms with E-state index in [1.807, 2.05) is 0 Å². The minimum atomic E-state index is 0.377. The summed E-state index contributed by atoms with van der Waals surface area (Å²) in [5.74, 6) is 3.20. The highest BCUT2D eigenvalue weighted by atomic mass is 16.5. The van der Waals surface area contributed by atoms with E-state index in [1.165, 1.54) is 12.2 Å². The maximum atomic E-state index is 5.91. The van der Waals surface area contributed by atoms with Crippen LogP contribution in [0.5, 0.6) is 0 Å². The van der Waals surface area contributed by atoms with Gasteiger partial charge in [0.05, 0.1) is 18.5 Å². The molecule has 0 bridgehead atoms. The van der Waals surface area contributed by atoms with Gasteiger partial charge < -0.3 is 9.47 Å². The average Bonchev–Trinajstić information content (AvgIpc) is 2.59. The van der Waals surface area contributed by atoms with Crippen LogP contribution in [-0.4, -0.2) is 19.3 Å². The Morgan fingerprint density at radius 2 is 2.00 bits per heavy atom. The lowest BCUT2D eigenvalue weighted by atomic mass is 9.91. The standard InChI is InChI=1S/C13H22O2/c1-9-4-5-13(15-11(9)3)6-12-8-14-7-10(12)2/h5,9-12H,4,6-8H2,1-3H3/t9?,10-,11?,12-/m1/s1. The average molecular weight is 210 g/mol. The maximum absolute atomic E-state index is 5.91. The second-order valence-electron chi connectivity index (χ2n) is 5.19. The molecule has 0 saturated carbocycles. The van der Waals surface area contributed by atoms with Crippen molar-refractivity contribution < 1.29 is 9.47 Å². The minimum Gasteiger partial charge on any atom is -0.495 e. The van der Waals surface area contributed by atoms with Crippen LogP contribution in [0.1, 0.15) is 33.6 Å². The fourth-order valence-corrected chi connectivity index (χ4v) is 2.27. The predicted molar refractivity (Wildman–Crippen MR) is 60.5 cm³/mol. The van der Waals surface area contributed by atoms with Crippen LogP contribution in [0.15, 0.2) is 11.8 Å². The lowest BCUT2D eigenvalue weighted by Gasteiger charge is -2.28. The molecule has 1 fully saturated rings. The highest BCUT2D eigenvalue weighted by Crippen LogP contribution is 2.31. The number of rotatable bonds is 2. The van der Waals surface area contributed by atoms with E-state index in [0.29, 0.717) is 23.9 Å². The van der Waals surface area contributed by atoms with Crippen molar-refractivity contribution in [2.75, 3.05) is 13.2 Å². The summed E-state index contributed by atoms with van der Waals surface area (Å²) < 4.78 is 11.4. The number of allylic oxidation sites excluding steroid dienone is 2. The molecule has 4 atom stereocenters. The number of ether oxygens (including phenoxy) is 2. The molecule has 2 heteroatoms. The Kier molecular flexibility index (Phi) is 3.35. The van der Waals surface area contributed by atoms with Gasteiger partial charge >= 0.3 is 0 Å². The zero-order chi connectivity index (χ0) is 10.8. The summed E-state index contributed by atoms with van der Waals surface area (Å²) in [6.07, 6.45) is 4.88. The van der Waals surface area contributed by atoms with E-state index in [9.17, 15) is 0 Å². The fraction of sp³-hybridized carbons (Fsp3) is 0.846. The maximum Gasteiger partial charge on any atom is 0.0982 e. The first-order valence-corrected chi connectivity index (χ1v) is 6.10. The molecule has 0 radical (unpaired) electrons. The number of hydrogen-bond donors (Lipinski definition) is 0. The van der Waals surface area contributed by atoms with Gasteiger partial charge in [-0.05, 0) is 37.2 Å². The third-order valence-electron chi connectivity index (χ3n) is 3.84. The van der Waals surface area contributed by atoms with Crippen molar-refractivity contribution in [2.24, 2.45) is 17.8 Å². The van der Waals surface area contributed by atoms with Gasteiger partial charge in [0.25, 0.3) is 0 Å². The van der Waals surface area contributed by atoms with Crippen molar-refractivity contribution in [3.63, 3.8) is 0 Å². The second-order valence-corrected chi connectivity index (χ2v) is 5.19. The first-order chi connectivity index (χ1) is 7.16. The largest absolute Gasteiger partial charge is 0.495 e. The molecule has 0 spiro atoms. The van der Waals surface area contributed by atoms with Crippen LogP contribution < -0.4 is 0 Å². The predicted octanol–water partition coefficient (Wildman–Crippen LogP) is 2.99. The highest BCUT2D eigenvalue weighted by molar-refractivity contribution is 5.01. The molecule has 2 aliphatic heterocycles. The zero-order valence-corrected chi connectivity index (χ0v) is 10.0. The molecule has 1 saturated heterocycles. The van der Waals surface area contributed by atoms with Gasteiger partial charge in [-0.25, -0.2) is 0 Å². The molecule has 2 nitrogen and oxygen atoms in total. The van der Waals surface area contributed by atoms with E-state index in [1.54, 1.807) is 0 Å². The minimum absolute atomic E-state index is 0.377. The molecule has 0 aromatic carbocycles. The van der Waals surface area contributed by atoms with Crippen LogP contribution in [0.4, 0.5) is 0 Å². The quantitative estimate of drug-likeness (QED) is 0.697. The lowest BCUT2D eigenvalue weighted by Crippen LogP contribution is -2.23. The van der Waals surface area contributed by atoms with Gasteiger partial charge in [-0.3, -0.25) is 0 Å². The second kappa shape index (κ2) is 4.56. The molecule has 0 aromatic heterocycles. The van der Waals surface area contributed by atoms with Gasteiger partial charge in [-0.2, -0.15) is 0 Å². The van der Waals surface area contributed by atoms with Crippen LogP contribution in [0.2, 0.25) is 0 Å². The van der Waals surface area contributed by atoms with E-state index in [4.69, 9.17) is 9.47 Å². The SMILES string of the molecule is CC1CC=C(C[C@@H]2COC[C@H]2C)OC1C. The molecule has 2 unspecified atom stereocenters. The van der Waals surface area contributed by atoms with Crippen molar-refractivity contribution in [3.05, 3.63) is 11.8 Å². The molecule has 0 N–H and O–H groups in total. The Morgan fingerprint density at radius 1 is 1.20 bits per heavy atom. The van der Waals surface area contributed by atoms with E-state index < -0.39 is 0 Å². The molecule has 0 aromatic rings. The van der Waals surface area contributed by atoms with Gasteiger partial charge in [0.15, 0.2) is 0 Å². The third kappa shape index (κ3) is 2.54. The summed E-state index contributed by atoms with van der Waals surface area (Å²) in [6.45, 7) is 8.52. The van der Waals surface area contributed by atoms with Crippen molar-refractivity contribution in [1.29, 1.82) is 0 Å². The zero-order valence-electron chi connectivity index (χ0n) is 10.0. The van der Waals surface area contributed by atoms with Crippen LogP contribution in [0, 0.1) is 17.8 Å². The molecule has 86 valence electrons. The Hall–Kier alpha value is -0.500. The van der Waals surface area contributed by atoms with E-state index in [0.717, 1.165) is 19.6 Å². The first kappa shape index (κ1) is 11.0. The van der Waals surface area contributed by atoms with E-state index >= 15 is 0 Å². The molecule has 2 heterocycles. The molecular formula is C13H22O2. The topological polar surface area (TPSA) is 18.5 Å². The van der Waals surface area contributed by atoms with Crippen LogP contribution in [0.25, 0.3) is 0 Å². The van der Waals surface area contributed by atoms with Crippen LogP contribution in [-0.2, 0) is 9.47 Å². The van der Waals surface area contributed by atoms with Crippen LogP contribution in [0.3, 0.4) is 0 Å². The third-order valence-corrected chi connectivity index (χ3v) is 3.84. The number of hydrogen-bond acceptors (Lipinski definition) is 2. The van der Waals surface area contributed by atoms with Crippen molar-refractivity contribution >= 4 is 0 Å². The van der Waals surface area contributed by atoms with Gasteiger partial charge in [0.2, 0.25) is 0 Å². The van der Waals surface area contributed by atoms with E-state index in [-0.39, 0.29) is 0 Å². The normalized spacial score (nSPS) is 41.1. The van der Waals surface area contributed by atoms with Gasteiger partial charge in [0.1, 0.15) is 0 Å². The Labute approximate surface area is 92.6 Å². The summed E-state index contributed by atoms with van der Waals surface area (Å²) in [7, 11) is 0. The van der Waals surface area contributed by atoms with Gasteiger partial charge in [0, 0.05) is 13.0 Å². The van der Waals surface area contributed by atoms with E-state index in [2.05, 4.69) is 26.8 Å².